The molecule has 15 heteroatoms. The number of amides is 5. The molecule has 1 unspecified atom stereocenters. The lowest BCUT2D eigenvalue weighted by atomic mass is 9.44. The highest BCUT2D eigenvalue weighted by Gasteiger charge is 2.79. The summed E-state index contributed by atoms with van der Waals surface area (Å²) in [7, 11) is 0. The third kappa shape index (κ3) is 7.35. The summed E-state index contributed by atoms with van der Waals surface area (Å²) >= 11 is 0. The zero-order chi connectivity index (χ0) is 45.9. The molecule has 5 amide bonds. The number of aliphatic hydroxyl groups excluding tert-OH is 2. The van der Waals surface area contributed by atoms with E-state index in [0.717, 1.165) is 39.3 Å². The van der Waals surface area contributed by atoms with Gasteiger partial charge in [-0.05, 0) is 87.6 Å². The Morgan fingerprint density at radius 1 is 0.953 bits per heavy atom. The molecule has 2 aliphatic heterocycles. The Morgan fingerprint density at radius 2 is 1.66 bits per heavy atom. The molecule has 4 fully saturated rings. The van der Waals surface area contributed by atoms with Crippen LogP contribution >= 0.6 is 0 Å². The molecule has 2 aromatic rings. The zero-order valence-corrected chi connectivity index (χ0v) is 36.4. The van der Waals surface area contributed by atoms with Gasteiger partial charge in [-0.15, -0.1) is 0 Å². The van der Waals surface area contributed by atoms with Gasteiger partial charge in [0.25, 0.3) is 11.8 Å². The van der Waals surface area contributed by atoms with Crippen molar-refractivity contribution in [3.63, 3.8) is 0 Å². The van der Waals surface area contributed by atoms with Crippen LogP contribution < -0.4 is 16.0 Å². The van der Waals surface area contributed by atoms with Gasteiger partial charge in [0.15, 0.2) is 23.3 Å². The second-order valence-electron chi connectivity index (χ2n) is 18.6. The second kappa shape index (κ2) is 16.7. The fourth-order valence-electron chi connectivity index (χ4n) is 11.5. The molecular formula is C49H55FN4O10. The van der Waals surface area contributed by atoms with E-state index in [1.54, 1.807) is 12.1 Å². The van der Waals surface area contributed by atoms with Crippen LogP contribution in [0.2, 0.25) is 0 Å². The molecule has 4 aliphatic carbocycles. The quantitative estimate of drug-likeness (QED) is 0.182. The van der Waals surface area contributed by atoms with Gasteiger partial charge in [-0.2, -0.15) is 0 Å². The molecule has 1 saturated heterocycles. The zero-order valence-electron chi connectivity index (χ0n) is 36.4. The summed E-state index contributed by atoms with van der Waals surface area (Å²) in [6.45, 7) is 9.84. The van der Waals surface area contributed by atoms with Gasteiger partial charge in [0.05, 0.1) is 12.2 Å². The first-order chi connectivity index (χ1) is 30.3. The van der Waals surface area contributed by atoms with Crippen LogP contribution in [0.25, 0.3) is 0 Å². The molecule has 5 N–H and O–H groups in total. The standard InChI is InChI=1S/C49H55FN4O10/c1-27-17-19-46(4)33(21-27)13-14-35-36-24-39-49(38(57)26-55,47(36,5)25-37(56)48(35,46)50)64-45(63-39)32-11-9-30(10-12-32)22-31-7-6-8-34(23-31)53-44(62)29(3)52-43(61)28(2)51-40(58)18-20-54-41(59)15-16-42(54)60/h6-12,15-17,19,21,23,28-29,35-37,39,45,55-56H,1,13-14,18,20,22,24-26H2,2-5H3,(H,51,58)(H,52,61)(H,53,62)/t28-,29-,35-,36-,37-,39+,45?,46-,47-,48-,49+/m0/s1. The molecule has 3 saturated carbocycles. The summed E-state index contributed by atoms with van der Waals surface area (Å²) < 4.78 is 31.1. The SMILES string of the molecule is C=C1C=C[C@@]2(C)C(=C1)CC[C@H]1[C@@H]3C[C@H]4OC(c5ccc(Cc6cccc(NC(=O)[C@H](C)NC(=O)[C@H](C)NC(=O)CCN7C(=O)C=CC7=O)c6)cc5)O[C@@]4(C(=O)CO)[C@@]3(C)C[C@H](O)[C@@]12F. The Morgan fingerprint density at radius 3 is 2.36 bits per heavy atom. The van der Waals surface area contributed by atoms with E-state index in [4.69, 9.17) is 9.47 Å². The number of aliphatic hydroxyl groups is 2. The molecule has 0 radical (unpaired) electrons. The number of carbonyl (C=O) groups excluding carboxylic acids is 6. The summed E-state index contributed by atoms with van der Waals surface area (Å²) in [5, 5.41) is 30.2. The average molecular weight is 879 g/mol. The molecule has 338 valence electrons. The summed E-state index contributed by atoms with van der Waals surface area (Å²) in [5.41, 5.74) is -0.955. The number of ketones is 1. The van der Waals surface area contributed by atoms with Gasteiger partial charge in [0, 0.05) is 53.1 Å². The lowest BCUT2D eigenvalue weighted by molar-refractivity contribution is -0.231. The Kier molecular flexibility index (Phi) is 11.8. The number of carbonyl (C=O) groups is 6. The molecule has 0 bridgehead atoms. The molecule has 8 rings (SSSR count). The maximum absolute atomic E-state index is 17.8. The smallest absolute Gasteiger partial charge is 0.253 e. The van der Waals surface area contributed by atoms with Crippen LogP contribution in [-0.2, 0) is 44.7 Å². The lowest BCUT2D eigenvalue weighted by Gasteiger charge is -2.62. The molecular weight excluding hydrogens is 824 g/mol. The largest absolute Gasteiger partial charge is 0.390 e. The van der Waals surface area contributed by atoms with Gasteiger partial charge < -0.3 is 35.6 Å². The van der Waals surface area contributed by atoms with Crippen LogP contribution in [0.1, 0.15) is 82.8 Å². The third-order valence-electron chi connectivity index (χ3n) is 14.9. The van der Waals surface area contributed by atoms with Crippen LogP contribution in [-0.4, -0.2) is 99.1 Å². The Labute approximate surface area is 371 Å². The van der Waals surface area contributed by atoms with E-state index in [-0.39, 0.29) is 25.3 Å². The van der Waals surface area contributed by atoms with Crippen LogP contribution in [0.3, 0.4) is 0 Å². The van der Waals surface area contributed by atoms with Gasteiger partial charge >= 0.3 is 0 Å². The maximum Gasteiger partial charge on any atom is 0.253 e. The van der Waals surface area contributed by atoms with Crippen molar-refractivity contribution < 1.29 is 52.8 Å². The number of benzene rings is 2. The maximum atomic E-state index is 17.8. The topological polar surface area (TPSA) is 201 Å². The van der Waals surface area contributed by atoms with Crippen molar-refractivity contribution in [1.29, 1.82) is 0 Å². The van der Waals surface area contributed by atoms with E-state index in [1.807, 2.05) is 68.5 Å². The highest BCUT2D eigenvalue weighted by atomic mass is 19.1. The number of nitrogens with one attached hydrogen (secondary N) is 3. The van der Waals surface area contributed by atoms with E-state index in [2.05, 4.69) is 22.5 Å². The predicted molar refractivity (Wildman–Crippen MR) is 231 cm³/mol. The number of halogens is 1. The van der Waals surface area contributed by atoms with Crippen molar-refractivity contribution >= 4 is 41.0 Å². The van der Waals surface area contributed by atoms with E-state index < -0.39 is 101 Å². The summed E-state index contributed by atoms with van der Waals surface area (Å²) in [4.78, 5) is 76.5. The summed E-state index contributed by atoms with van der Waals surface area (Å²) in [6.07, 6.45) is 6.45. The molecule has 14 nitrogen and oxygen atoms in total. The molecule has 64 heavy (non-hydrogen) atoms. The fourth-order valence-corrected chi connectivity index (χ4v) is 11.5. The number of nitrogens with zero attached hydrogens (tertiary/aromatic N) is 1. The molecule has 6 aliphatic rings. The number of Topliss-reactive ketones (excluding diaryl/α,β-unsaturated/α-hetero) is 1. The number of imide groups is 1. The number of hydrogen-bond donors (Lipinski definition) is 5. The molecule has 11 atom stereocenters. The summed E-state index contributed by atoms with van der Waals surface area (Å²) in [6, 6.07) is 12.8. The van der Waals surface area contributed by atoms with E-state index in [1.165, 1.54) is 13.8 Å². The Bertz CT molecular complexity index is 2380. The van der Waals surface area contributed by atoms with Crippen molar-refractivity contribution in [3.05, 3.63) is 113 Å². The molecule has 0 aromatic heterocycles. The van der Waals surface area contributed by atoms with Crippen molar-refractivity contribution in [1.82, 2.24) is 15.5 Å². The average Bonchev–Trinajstić information content (AvgIpc) is 3.88. The van der Waals surface area contributed by atoms with Crippen molar-refractivity contribution in [2.24, 2.45) is 22.7 Å². The minimum absolute atomic E-state index is 0.0415. The van der Waals surface area contributed by atoms with Gasteiger partial charge in [-0.1, -0.05) is 73.7 Å². The lowest BCUT2D eigenvalue weighted by Crippen LogP contribution is -2.69. The minimum Gasteiger partial charge on any atom is -0.390 e. The summed E-state index contributed by atoms with van der Waals surface area (Å²) in [5.74, 6) is -4.10. The first-order valence-corrected chi connectivity index (χ1v) is 21.9. The highest BCUT2D eigenvalue weighted by molar-refractivity contribution is 6.13. The number of alkyl halides is 1. The van der Waals surface area contributed by atoms with Gasteiger partial charge in [0.1, 0.15) is 18.7 Å². The van der Waals surface area contributed by atoms with Gasteiger partial charge in [-0.25, -0.2) is 4.39 Å². The Balaban J connectivity index is 0.879. The van der Waals surface area contributed by atoms with Crippen LogP contribution in [0.5, 0.6) is 0 Å². The molecule has 0 spiro atoms. The first-order valence-electron chi connectivity index (χ1n) is 21.9. The van der Waals surface area contributed by atoms with Gasteiger partial charge in [0.2, 0.25) is 17.7 Å². The molecule has 2 heterocycles. The number of anilines is 1. The highest BCUT2D eigenvalue weighted by Crippen LogP contribution is 2.72. The number of hydrogen-bond acceptors (Lipinski definition) is 10. The van der Waals surface area contributed by atoms with Crippen LogP contribution in [0.15, 0.2) is 96.6 Å². The van der Waals surface area contributed by atoms with Crippen molar-refractivity contribution in [2.75, 3.05) is 18.5 Å². The monoisotopic (exact) mass is 878 g/mol. The van der Waals surface area contributed by atoms with E-state index in [0.29, 0.717) is 36.9 Å². The van der Waals surface area contributed by atoms with Crippen LogP contribution in [0, 0.1) is 22.7 Å². The first kappa shape index (κ1) is 45.0. The third-order valence-corrected chi connectivity index (χ3v) is 14.9. The number of rotatable bonds is 13. The van der Waals surface area contributed by atoms with Crippen molar-refractivity contribution in [3.8, 4) is 0 Å². The number of allylic oxidation sites excluding steroid dienone is 5. The van der Waals surface area contributed by atoms with Crippen LogP contribution in [0.4, 0.5) is 10.1 Å². The normalized spacial score (nSPS) is 33.4. The van der Waals surface area contributed by atoms with E-state index in [9.17, 15) is 39.0 Å². The van der Waals surface area contributed by atoms with E-state index >= 15 is 4.39 Å². The number of ether oxygens (including phenoxy) is 2. The minimum atomic E-state index is -1.99. The molecule has 2 aromatic carbocycles. The van der Waals surface area contributed by atoms with Gasteiger partial charge in [-0.3, -0.25) is 33.7 Å². The number of fused-ring (bicyclic) bond motifs is 7. The second-order valence-corrected chi connectivity index (χ2v) is 18.6. The fraction of sp³-hybridized carbons (Fsp3) is 0.469. The van der Waals surface area contributed by atoms with Crippen molar-refractivity contribution in [2.45, 2.75) is 108 Å². The Hall–Kier alpha value is -5.61. The predicted octanol–water partition coefficient (Wildman–Crippen LogP) is 4.22.